The molecular formula is C8H7ClN2O2. The molecule has 5 heteroatoms. The van der Waals surface area contributed by atoms with Crippen molar-refractivity contribution < 1.29 is 9.46 Å². The molecule has 1 aromatic carbocycles. The molecule has 0 aliphatic rings. The van der Waals surface area contributed by atoms with E-state index in [4.69, 9.17) is 0 Å². The van der Waals surface area contributed by atoms with Crippen LogP contribution in [0.3, 0.4) is 0 Å². The number of nitrogens with zero attached hydrogens (tertiary/aromatic N) is 2. The van der Waals surface area contributed by atoms with Crippen LogP contribution in [-0.4, -0.2) is 0 Å². The fourth-order valence-electron chi connectivity index (χ4n) is 1.13. The second kappa shape index (κ2) is 3.45. The van der Waals surface area contributed by atoms with Gasteiger partial charge in [0.05, 0.1) is 0 Å². The van der Waals surface area contributed by atoms with E-state index < -0.39 is 0 Å². The largest absolute Gasteiger partial charge is 0.614 e. The summed E-state index contributed by atoms with van der Waals surface area (Å²) in [4.78, 5) is 0. The van der Waals surface area contributed by atoms with Gasteiger partial charge in [0.2, 0.25) is 11.7 Å². The third kappa shape index (κ3) is 1.62. The van der Waals surface area contributed by atoms with Crippen LogP contribution in [0, 0.1) is 10.4 Å². The van der Waals surface area contributed by atoms with E-state index in [0.717, 1.165) is 6.33 Å². The Morgan fingerprint density at radius 1 is 1.08 bits per heavy atom. The van der Waals surface area contributed by atoms with Crippen LogP contribution in [0.15, 0.2) is 36.8 Å². The van der Waals surface area contributed by atoms with Gasteiger partial charge in [-0.3, -0.25) is 0 Å². The molecule has 1 aromatic heterocycles. The predicted molar refractivity (Wildman–Crippen MR) is 49.1 cm³/mol. The van der Waals surface area contributed by atoms with Gasteiger partial charge in [0.25, 0.3) is 0 Å². The van der Waals surface area contributed by atoms with Gasteiger partial charge in [-0.05, 0) is 6.07 Å². The predicted octanol–water partition coefficient (Wildman–Crippen LogP) is 0.528. The zero-order chi connectivity index (χ0) is 8.55. The van der Waals surface area contributed by atoms with Gasteiger partial charge in [-0.1, -0.05) is 12.1 Å². The first-order valence-corrected chi connectivity index (χ1v) is 3.48. The molecule has 0 unspecified atom stereocenters. The Kier molecular flexibility index (Phi) is 2.53. The summed E-state index contributed by atoms with van der Waals surface area (Å²) in [5, 5.41) is 22.5. The van der Waals surface area contributed by atoms with Crippen molar-refractivity contribution in [2.24, 2.45) is 0 Å². The monoisotopic (exact) mass is 198 g/mol. The van der Waals surface area contributed by atoms with E-state index >= 15 is 0 Å². The highest BCUT2D eigenvalue weighted by Crippen LogP contribution is 2.04. The first-order valence-electron chi connectivity index (χ1n) is 3.48. The summed E-state index contributed by atoms with van der Waals surface area (Å²) in [6.07, 6.45) is 2.31. The highest BCUT2D eigenvalue weighted by Gasteiger charge is 2.06. The molecule has 0 atom stereocenters. The Balaban J connectivity index is 0.000000845. The Morgan fingerprint density at radius 3 is 2.54 bits per heavy atom. The van der Waals surface area contributed by atoms with Crippen LogP contribution in [0.25, 0.3) is 10.9 Å². The maximum Gasteiger partial charge on any atom is 0.430 e. The number of hydrogen-bond donors (Lipinski definition) is 0. The number of fused-ring (bicyclic) bond motifs is 1. The van der Waals surface area contributed by atoms with Crippen LogP contribution in [0.2, 0.25) is 0 Å². The standard InChI is InChI=1S/C8H6N2O2.ClH/c11-9-5-7-3-1-2-4-8(7)10(12)6-9;/h1-6H;1H. The van der Waals surface area contributed by atoms with Crippen LogP contribution >= 0.6 is 12.4 Å². The smallest absolute Gasteiger partial charge is 0.430 e. The van der Waals surface area contributed by atoms with Crippen LogP contribution in [-0.2, 0) is 0 Å². The molecule has 1 heterocycles. The van der Waals surface area contributed by atoms with Gasteiger partial charge in [0, 0.05) is 6.07 Å². The zero-order valence-corrected chi connectivity index (χ0v) is 7.40. The highest BCUT2D eigenvalue weighted by molar-refractivity contribution is 5.85. The van der Waals surface area contributed by atoms with Gasteiger partial charge in [-0.2, -0.15) is 0 Å². The van der Waals surface area contributed by atoms with Gasteiger partial charge in [-0.25, -0.2) is 0 Å². The van der Waals surface area contributed by atoms with Gasteiger partial charge in [0.15, 0.2) is 0 Å². The molecule has 0 spiro atoms. The molecule has 2 rings (SSSR count). The summed E-state index contributed by atoms with van der Waals surface area (Å²) in [7, 11) is 0. The molecule has 0 amide bonds. The molecule has 0 aliphatic heterocycles. The number of aromatic nitrogens is 2. The molecule has 0 N–H and O–H groups in total. The summed E-state index contributed by atoms with van der Waals surface area (Å²) >= 11 is 0. The molecule has 13 heavy (non-hydrogen) atoms. The summed E-state index contributed by atoms with van der Waals surface area (Å²) in [5.41, 5.74) is 0.504. The lowest BCUT2D eigenvalue weighted by atomic mass is 10.2. The van der Waals surface area contributed by atoms with Crippen LogP contribution < -0.4 is 9.46 Å². The zero-order valence-electron chi connectivity index (χ0n) is 6.58. The molecule has 0 saturated carbocycles. The fraction of sp³-hybridized carbons (Fsp3) is 0. The first kappa shape index (κ1) is 9.54. The maximum absolute atomic E-state index is 11.1. The third-order valence-corrected chi connectivity index (χ3v) is 1.66. The Bertz CT molecular complexity index is 433. The first-order chi connectivity index (χ1) is 5.77. The maximum atomic E-state index is 11.1. The molecule has 2 aromatic rings. The number of halogens is 1. The van der Waals surface area contributed by atoms with E-state index in [1.54, 1.807) is 24.3 Å². The lowest BCUT2D eigenvalue weighted by molar-refractivity contribution is -0.730. The van der Waals surface area contributed by atoms with Crippen LogP contribution in [0.4, 0.5) is 0 Å². The minimum Gasteiger partial charge on any atom is -0.614 e. The number of benzene rings is 1. The van der Waals surface area contributed by atoms with Crippen LogP contribution in [0.5, 0.6) is 0 Å². The topological polar surface area (TPSA) is 53.9 Å². The van der Waals surface area contributed by atoms with Gasteiger partial charge < -0.3 is 10.4 Å². The Hall–Kier alpha value is -1.55. The quantitative estimate of drug-likeness (QED) is 0.458. The SMILES string of the molecule is Cl.[O-][n+]1cc2ccccc2[n+]([O-])c1. The molecule has 0 radical (unpaired) electrons. The van der Waals surface area contributed by atoms with E-state index in [1.807, 2.05) is 0 Å². The Labute approximate surface area is 80.6 Å². The second-order valence-electron chi connectivity index (χ2n) is 2.49. The lowest BCUT2D eigenvalue weighted by Crippen LogP contribution is -2.40. The van der Waals surface area contributed by atoms with Crippen molar-refractivity contribution in [2.75, 3.05) is 0 Å². The van der Waals surface area contributed by atoms with Gasteiger partial charge in [0.1, 0.15) is 5.39 Å². The third-order valence-electron chi connectivity index (χ3n) is 1.66. The van der Waals surface area contributed by atoms with E-state index in [1.165, 1.54) is 6.20 Å². The van der Waals surface area contributed by atoms with Gasteiger partial charge in [-0.15, -0.1) is 21.9 Å². The average Bonchev–Trinajstić information content (AvgIpc) is 2.04. The van der Waals surface area contributed by atoms with Crippen molar-refractivity contribution in [3.05, 3.63) is 47.2 Å². The van der Waals surface area contributed by atoms with Crippen molar-refractivity contribution in [1.29, 1.82) is 0 Å². The highest BCUT2D eigenvalue weighted by atomic mass is 35.5. The molecule has 68 valence electrons. The molecule has 4 nitrogen and oxygen atoms in total. The molecule has 0 saturated heterocycles. The molecule has 0 aliphatic carbocycles. The molecule has 0 bridgehead atoms. The van der Waals surface area contributed by atoms with Crippen molar-refractivity contribution >= 4 is 23.3 Å². The van der Waals surface area contributed by atoms with E-state index in [-0.39, 0.29) is 12.4 Å². The van der Waals surface area contributed by atoms with Crippen molar-refractivity contribution in [2.45, 2.75) is 0 Å². The minimum atomic E-state index is 0. The Morgan fingerprint density at radius 2 is 1.77 bits per heavy atom. The summed E-state index contributed by atoms with van der Waals surface area (Å²) in [6.45, 7) is 0. The lowest BCUT2D eigenvalue weighted by Gasteiger charge is -1.99. The van der Waals surface area contributed by atoms with Gasteiger partial charge >= 0.3 is 6.33 Å². The van der Waals surface area contributed by atoms with Crippen LogP contribution in [0.1, 0.15) is 0 Å². The minimum absolute atomic E-state index is 0. The van der Waals surface area contributed by atoms with Crippen molar-refractivity contribution in [3.63, 3.8) is 0 Å². The number of hydrogen-bond acceptors (Lipinski definition) is 2. The second-order valence-corrected chi connectivity index (χ2v) is 2.49. The summed E-state index contributed by atoms with van der Waals surface area (Å²) in [6, 6.07) is 6.93. The normalized spacial score (nSPS) is 9.54. The molecular weight excluding hydrogens is 192 g/mol. The van der Waals surface area contributed by atoms with Crippen molar-refractivity contribution in [3.8, 4) is 0 Å². The van der Waals surface area contributed by atoms with E-state index in [2.05, 4.69) is 0 Å². The molecule has 0 fully saturated rings. The van der Waals surface area contributed by atoms with E-state index in [9.17, 15) is 10.4 Å². The number of para-hydroxylation sites is 1. The fourth-order valence-corrected chi connectivity index (χ4v) is 1.13. The van der Waals surface area contributed by atoms with E-state index in [0.29, 0.717) is 20.4 Å². The number of rotatable bonds is 0. The van der Waals surface area contributed by atoms with Crippen molar-refractivity contribution in [1.82, 2.24) is 0 Å². The average molecular weight is 199 g/mol. The summed E-state index contributed by atoms with van der Waals surface area (Å²) < 4.78 is 1.05. The summed E-state index contributed by atoms with van der Waals surface area (Å²) in [5.74, 6) is 0.